The van der Waals surface area contributed by atoms with Crippen molar-refractivity contribution in [3.63, 3.8) is 0 Å². The molecule has 0 bridgehead atoms. The third-order valence-electron chi connectivity index (χ3n) is 1.91. The highest BCUT2D eigenvalue weighted by molar-refractivity contribution is 7.88. The summed E-state index contributed by atoms with van der Waals surface area (Å²) in [7, 11) is -5.93. The van der Waals surface area contributed by atoms with Crippen LogP contribution in [0, 0.1) is 0 Å². The van der Waals surface area contributed by atoms with Gasteiger partial charge in [-0.1, -0.05) is 29.3 Å². The van der Waals surface area contributed by atoms with Crippen molar-refractivity contribution in [3.8, 4) is 5.75 Å². The minimum absolute atomic E-state index is 0.0888. The molecule has 1 rings (SSSR count). The highest BCUT2D eigenvalue weighted by atomic mass is 35.5. The maximum absolute atomic E-state index is 12.2. The molecular formula is C10H4Cl2F3O5S-. The molecule has 0 aromatic heterocycles. The zero-order valence-electron chi connectivity index (χ0n) is 9.65. The number of hydrogen-bond donors (Lipinski definition) is 0. The molecule has 0 radical (unpaired) electrons. The summed E-state index contributed by atoms with van der Waals surface area (Å²) in [5.41, 5.74) is -5.56. The first-order valence-corrected chi connectivity index (χ1v) is 6.99. The SMILES string of the molecule is O=C([O-])/C=C/c1cc(Cl)c(OS(=O)(=O)C(F)(F)F)c(Cl)c1. The standard InChI is InChI=1S/C10H5Cl2F3O5S/c11-6-3-5(1-2-8(16)17)4-7(12)9(6)20-21(18,19)10(13,14)15/h1-4H,(H,16,17)/p-1/b2-1+. The van der Waals surface area contributed by atoms with E-state index in [9.17, 15) is 31.5 Å². The molecule has 0 N–H and O–H groups in total. The van der Waals surface area contributed by atoms with Crippen LogP contribution in [0.25, 0.3) is 6.08 Å². The normalized spacial score (nSPS) is 12.6. The number of carboxylic acid groups (broad SMARTS) is 1. The smallest absolute Gasteiger partial charge is 0.534 e. The summed E-state index contributed by atoms with van der Waals surface area (Å²) in [6.45, 7) is 0. The molecule has 0 spiro atoms. The second kappa shape index (κ2) is 6.12. The molecule has 1 aromatic rings. The lowest BCUT2D eigenvalue weighted by Gasteiger charge is -2.12. The van der Waals surface area contributed by atoms with Crippen molar-refractivity contribution in [2.45, 2.75) is 5.51 Å². The number of aliphatic carboxylic acids is 1. The summed E-state index contributed by atoms with van der Waals surface area (Å²) in [6.07, 6.45) is 1.62. The Labute approximate surface area is 126 Å². The highest BCUT2D eigenvalue weighted by Crippen LogP contribution is 2.38. The molecule has 0 atom stereocenters. The van der Waals surface area contributed by atoms with Gasteiger partial charge in [0.2, 0.25) is 0 Å². The van der Waals surface area contributed by atoms with Gasteiger partial charge in [-0.05, 0) is 23.8 Å². The number of hydrogen-bond acceptors (Lipinski definition) is 5. The van der Waals surface area contributed by atoms with E-state index in [-0.39, 0.29) is 5.56 Å². The second-order valence-corrected chi connectivity index (χ2v) is 5.80. The minimum Gasteiger partial charge on any atom is -0.545 e. The average molecular weight is 364 g/mol. The number of halogens is 5. The first-order valence-electron chi connectivity index (χ1n) is 4.83. The van der Waals surface area contributed by atoms with E-state index in [0.717, 1.165) is 18.2 Å². The summed E-state index contributed by atoms with van der Waals surface area (Å²) < 4.78 is 62.1. The van der Waals surface area contributed by atoms with Crippen molar-refractivity contribution in [3.05, 3.63) is 33.8 Å². The lowest BCUT2D eigenvalue weighted by Crippen LogP contribution is -2.28. The van der Waals surface area contributed by atoms with Gasteiger partial charge >= 0.3 is 15.6 Å². The Balaban J connectivity index is 3.21. The average Bonchev–Trinajstić information content (AvgIpc) is 2.29. The number of carbonyl (C=O) groups excluding carboxylic acids is 1. The van der Waals surface area contributed by atoms with E-state index >= 15 is 0 Å². The fourth-order valence-corrected chi connectivity index (χ4v) is 2.24. The summed E-state index contributed by atoms with van der Waals surface area (Å²) in [6, 6.07) is 1.93. The van der Waals surface area contributed by atoms with Gasteiger partial charge in [-0.3, -0.25) is 0 Å². The highest BCUT2D eigenvalue weighted by Gasteiger charge is 2.49. The summed E-state index contributed by atoms with van der Waals surface area (Å²) in [4.78, 5) is 10.2. The maximum atomic E-state index is 12.2. The quantitative estimate of drug-likeness (QED) is 0.464. The van der Waals surface area contributed by atoms with Gasteiger partial charge in [0.05, 0.1) is 16.0 Å². The lowest BCUT2D eigenvalue weighted by molar-refractivity contribution is -0.297. The molecule has 0 amide bonds. The van der Waals surface area contributed by atoms with Gasteiger partial charge in [-0.15, -0.1) is 0 Å². The van der Waals surface area contributed by atoms with Crippen LogP contribution in [-0.4, -0.2) is 19.9 Å². The van der Waals surface area contributed by atoms with Crippen LogP contribution in [0.4, 0.5) is 13.2 Å². The number of carbonyl (C=O) groups is 1. The van der Waals surface area contributed by atoms with Gasteiger partial charge in [0, 0.05) is 0 Å². The van der Waals surface area contributed by atoms with E-state index in [0.29, 0.717) is 6.08 Å². The van der Waals surface area contributed by atoms with Gasteiger partial charge < -0.3 is 14.1 Å². The van der Waals surface area contributed by atoms with Gasteiger partial charge in [0.25, 0.3) is 0 Å². The van der Waals surface area contributed by atoms with Crippen LogP contribution in [0.2, 0.25) is 10.0 Å². The molecule has 5 nitrogen and oxygen atoms in total. The molecule has 0 saturated heterocycles. The number of rotatable bonds is 4. The molecule has 0 aliphatic carbocycles. The predicted molar refractivity (Wildman–Crippen MR) is 66.1 cm³/mol. The Morgan fingerprint density at radius 1 is 1.24 bits per heavy atom. The van der Waals surface area contributed by atoms with E-state index in [1.54, 1.807) is 0 Å². The molecule has 0 unspecified atom stereocenters. The zero-order valence-corrected chi connectivity index (χ0v) is 12.0. The molecule has 0 aliphatic heterocycles. The predicted octanol–water partition coefficient (Wildman–Crippen LogP) is 1.98. The molecule has 1 aromatic carbocycles. The monoisotopic (exact) mass is 363 g/mol. The third-order valence-corrected chi connectivity index (χ3v) is 3.42. The summed E-state index contributed by atoms with van der Waals surface area (Å²) in [5.74, 6) is -2.44. The molecule has 21 heavy (non-hydrogen) atoms. The fourth-order valence-electron chi connectivity index (χ4n) is 1.08. The van der Waals surface area contributed by atoms with Crippen LogP contribution in [0.1, 0.15) is 5.56 Å². The Hall–Kier alpha value is -1.45. The van der Waals surface area contributed by atoms with Crippen molar-refractivity contribution in [1.82, 2.24) is 0 Å². The van der Waals surface area contributed by atoms with E-state index < -0.39 is 37.4 Å². The summed E-state index contributed by atoms with van der Waals surface area (Å²) in [5, 5.41) is 9.12. The van der Waals surface area contributed by atoms with Crippen molar-refractivity contribution in [2.24, 2.45) is 0 Å². The van der Waals surface area contributed by atoms with E-state index in [2.05, 4.69) is 4.18 Å². The van der Waals surface area contributed by atoms with Gasteiger partial charge in [-0.2, -0.15) is 21.6 Å². The van der Waals surface area contributed by atoms with Crippen LogP contribution in [0.5, 0.6) is 5.75 Å². The van der Waals surface area contributed by atoms with Crippen molar-refractivity contribution in [1.29, 1.82) is 0 Å². The zero-order chi connectivity index (χ0) is 16.4. The number of carboxylic acids is 1. The summed E-state index contributed by atoms with van der Waals surface area (Å²) >= 11 is 11.1. The van der Waals surface area contributed by atoms with Crippen LogP contribution >= 0.6 is 23.2 Å². The van der Waals surface area contributed by atoms with Crippen molar-refractivity contribution >= 4 is 45.4 Å². The second-order valence-electron chi connectivity index (χ2n) is 3.45. The van der Waals surface area contributed by atoms with Gasteiger partial charge in [-0.25, -0.2) is 0 Å². The maximum Gasteiger partial charge on any atom is 0.534 e. The first-order chi connectivity index (χ1) is 9.44. The molecule has 0 aliphatic rings. The topological polar surface area (TPSA) is 83.5 Å². The van der Waals surface area contributed by atoms with E-state index in [1.165, 1.54) is 0 Å². The molecule has 0 saturated carbocycles. The Morgan fingerprint density at radius 2 is 1.71 bits per heavy atom. The van der Waals surface area contributed by atoms with E-state index in [1.807, 2.05) is 0 Å². The minimum atomic E-state index is -5.93. The van der Waals surface area contributed by atoms with Crippen LogP contribution in [0.3, 0.4) is 0 Å². The van der Waals surface area contributed by atoms with Gasteiger partial charge in [0.15, 0.2) is 5.75 Å². The number of alkyl halides is 3. The van der Waals surface area contributed by atoms with E-state index in [4.69, 9.17) is 23.2 Å². The molecular weight excluding hydrogens is 360 g/mol. The lowest BCUT2D eigenvalue weighted by atomic mass is 10.2. The molecule has 0 heterocycles. The fraction of sp³-hybridized carbons (Fsp3) is 0.100. The van der Waals surface area contributed by atoms with Crippen molar-refractivity contribution < 1.29 is 35.7 Å². The Kier molecular flexibility index (Phi) is 5.13. The third kappa shape index (κ3) is 4.51. The molecule has 0 fully saturated rings. The van der Waals surface area contributed by atoms with Crippen molar-refractivity contribution in [2.75, 3.05) is 0 Å². The Bertz CT molecular complexity index is 674. The largest absolute Gasteiger partial charge is 0.545 e. The van der Waals surface area contributed by atoms with Crippen LogP contribution < -0.4 is 9.29 Å². The van der Waals surface area contributed by atoms with Gasteiger partial charge in [0.1, 0.15) is 0 Å². The molecule has 11 heteroatoms. The number of benzene rings is 1. The van der Waals surface area contributed by atoms with Crippen LogP contribution in [0.15, 0.2) is 18.2 Å². The molecule has 116 valence electrons. The first kappa shape index (κ1) is 17.6. The van der Waals surface area contributed by atoms with Crippen LogP contribution in [-0.2, 0) is 14.9 Å². The Morgan fingerprint density at radius 3 is 2.10 bits per heavy atom.